The number of aromatic nitrogens is 1. The first-order valence-corrected chi connectivity index (χ1v) is 5.74. The fourth-order valence-corrected chi connectivity index (χ4v) is 2.01. The van der Waals surface area contributed by atoms with Crippen molar-refractivity contribution in [2.45, 2.75) is 13.1 Å². The van der Waals surface area contributed by atoms with Crippen LogP contribution in [0.3, 0.4) is 0 Å². The Labute approximate surface area is 113 Å². The van der Waals surface area contributed by atoms with Gasteiger partial charge in [-0.3, -0.25) is 9.78 Å². The third-order valence-corrected chi connectivity index (χ3v) is 2.89. The topological polar surface area (TPSA) is 56.0 Å². The molecule has 2 rings (SSSR count). The van der Waals surface area contributed by atoms with Crippen molar-refractivity contribution in [3.8, 4) is 11.3 Å². The normalized spacial score (nSPS) is 11.4. The van der Waals surface area contributed by atoms with Crippen LogP contribution in [0.5, 0.6) is 0 Å². The summed E-state index contributed by atoms with van der Waals surface area (Å²) < 4.78 is 39.1. The van der Waals surface area contributed by atoms with Crippen molar-refractivity contribution in [2.24, 2.45) is 5.73 Å². The number of nitrogens with zero attached hydrogens (tertiary/aromatic N) is 1. The van der Waals surface area contributed by atoms with Gasteiger partial charge < -0.3 is 5.73 Å². The summed E-state index contributed by atoms with van der Waals surface area (Å²) in [4.78, 5) is 15.4. The van der Waals surface area contributed by atoms with E-state index in [-0.39, 0.29) is 16.8 Å². The summed E-state index contributed by atoms with van der Waals surface area (Å²) in [5.74, 6) is -0.803. The summed E-state index contributed by atoms with van der Waals surface area (Å²) in [6, 6.07) is 6.49. The smallest absolute Gasteiger partial charge is 0.366 e. The number of hydrogen-bond acceptors (Lipinski definition) is 2. The van der Waals surface area contributed by atoms with Crippen LogP contribution in [0.25, 0.3) is 11.3 Å². The van der Waals surface area contributed by atoms with Crippen LogP contribution in [-0.2, 0) is 6.18 Å². The SMILES string of the molecule is Cc1ccnc(-c2ccccc2C(F)(F)F)c1C(N)=O. The highest BCUT2D eigenvalue weighted by molar-refractivity contribution is 6.00. The second kappa shape index (κ2) is 4.96. The third-order valence-electron chi connectivity index (χ3n) is 2.89. The van der Waals surface area contributed by atoms with Gasteiger partial charge in [0.25, 0.3) is 5.91 Å². The van der Waals surface area contributed by atoms with E-state index in [0.717, 1.165) is 6.07 Å². The number of carbonyl (C=O) groups excluding carboxylic acids is 1. The number of amides is 1. The van der Waals surface area contributed by atoms with Gasteiger partial charge in [-0.15, -0.1) is 0 Å². The predicted molar refractivity (Wildman–Crippen MR) is 67.9 cm³/mol. The average molecular weight is 280 g/mol. The Morgan fingerprint density at radius 2 is 1.85 bits per heavy atom. The van der Waals surface area contributed by atoms with Gasteiger partial charge >= 0.3 is 6.18 Å². The zero-order valence-corrected chi connectivity index (χ0v) is 10.5. The Morgan fingerprint density at radius 1 is 1.20 bits per heavy atom. The van der Waals surface area contributed by atoms with Crippen LogP contribution in [0.1, 0.15) is 21.5 Å². The Kier molecular flexibility index (Phi) is 3.48. The van der Waals surface area contributed by atoms with Crippen molar-refractivity contribution in [1.29, 1.82) is 0 Å². The molecule has 0 unspecified atom stereocenters. The molecule has 1 heterocycles. The van der Waals surface area contributed by atoms with Gasteiger partial charge in [-0.2, -0.15) is 13.2 Å². The van der Waals surface area contributed by atoms with E-state index in [9.17, 15) is 18.0 Å². The molecule has 20 heavy (non-hydrogen) atoms. The number of primary amides is 1. The van der Waals surface area contributed by atoms with Crippen molar-refractivity contribution in [2.75, 3.05) is 0 Å². The highest BCUT2D eigenvalue weighted by Crippen LogP contribution is 2.37. The highest BCUT2D eigenvalue weighted by atomic mass is 19.4. The maximum absolute atomic E-state index is 13.0. The number of pyridine rings is 1. The van der Waals surface area contributed by atoms with E-state index in [2.05, 4.69) is 4.98 Å². The van der Waals surface area contributed by atoms with Crippen LogP contribution < -0.4 is 5.73 Å². The van der Waals surface area contributed by atoms with E-state index in [1.807, 2.05) is 0 Å². The zero-order valence-electron chi connectivity index (χ0n) is 10.5. The molecule has 0 radical (unpaired) electrons. The molecule has 0 saturated heterocycles. The summed E-state index contributed by atoms with van der Waals surface area (Å²) in [6.45, 7) is 1.60. The summed E-state index contributed by atoms with van der Waals surface area (Å²) in [5.41, 5.74) is 4.69. The predicted octanol–water partition coefficient (Wildman–Crippen LogP) is 3.17. The molecule has 104 valence electrons. The summed E-state index contributed by atoms with van der Waals surface area (Å²) in [6.07, 6.45) is -3.18. The Balaban J connectivity index is 2.77. The van der Waals surface area contributed by atoms with Crippen LogP contribution in [0.4, 0.5) is 13.2 Å². The average Bonchev–Trinajstić information content (AvgIpc) is 2.37. The van der Waals surface area contributed by atoms with Crippen LogP contribution in [0, 0.1) is 6.92 Å². The van der Waals surface area contributed by atoms with Crippen molar-refractivity contribution in [3.05, 3.63) is 53.2 Å². The molecule has 0 bridgehead atoms. The molecule has 1 aromatic heterocycles. The molecule has 0 aliphatic carbocycles. The van der Waals surface area contributed by atoms with Gasteiger partial charge in [0.1, 0.15) is 0 Å². The fraction of sp³-hybridized carbons (Fsp3) is 0.143. The van der Waals surface area contributed by atoms with Crippen LogP contribution >= 0.6 is 0 Å². The molecule has 0 fully saturated rings. The van der Waals surface area contributed by atoms with E-state index in [0.29, 0.717) is 5.56 Å². The van der Waals surface area contributed by atoms with E-state index >= 15 is 0 Å². The van der Waals surface area contributed by atoms with Gasteiger partial charge in [-0.25, -0.2) is 0 Å². The molecule has 0 saturated carbocycles. The molecule has 0 aliphatic heterocycles. The molecule has 0 spiro atoms. The van der Waals surface area contributed by atoms with E-state index in [1.165, 1.54) is 30.5 Å². The van der Waals surface area contributed by atoms with Crippen LogP contribution in [-0.4, -0.2) is 10.9 Å². The van der Waals surface area contributed by atoms with E-state index in [1.54, 1.807) is 6.92 Å². The van der Waals surface area contributed by atoms with Gasteiger partial charge in [0.15, 0.2) is 0 Å². The molecule has 0 atom stereocenters. The summed E-state index contributed by atoms with van der Waals surface area (Å²) in [5, 5.41) is 0. The largest absolute Gasteiger partial charge is 0.417 e. The lowest BCUT2D eigenvalue weighted by molar-refractivity contribution is -0.137. The van der Waals surface area contributed by atoms with Crippen LogP contribution in [0.2, 0.25) is 0 Å². The van der Waals surface area contributed by atoms with Gasteiger partial charge in [0.05, 0.1) is 16.8 Å². The number of carbonyl (C=O) groups is 1. The number of aryl methyl sites for hydroxylation is 1. The van der Waals surface area contributed by atoms with Crippen molar-refractivity contribution in [1.82, 2.24) is 4.98 Å². The van der Waals surface area contributed by atoms with Crippen LogP contribution in [0.15, 0.2) is 36.5 Å². The number of nitrogens with two attached hydrogens (primary N) is 1. The molecule has 3 nitrogen and oxygen atoms in total. The number of benzene rings is 1. The van der Waals surface area contributed by atoms with Gasteiger partial charge in [0.2, 0.25) is 0 Å². The molecule has 6 heteroatoms. The third kappa shape index (κ3) is 2.49. The van der Waals surface area contributed by atoms with Crippen molar-refractivity contribution in [3.63, 3.8) is 0 Å². The van der Waals surface area contributed by atoms with Crippen molar-refractivity contribution >= 4 is 5.91 Å². The first kappa shape index (κ1) is 14.0. The number of halogens is 3. The lowest BCUT2D eigenvalue weighted by Gasteiger charge is -2.14. The van der Waals surface area contributed by atoms with Gasteiger partial charge in [-0.05, 0) is 24.6 Å². The number of rotatable bonds is 2. The zero-order chi connectivity index (χ0) is 14.9. The number of hydrogen-bond donors (Lipinski definition) is 1. The maximum atomic E-state index is 13.0. The molecular formula is C14H11F3N2O. The molecular weight excluding hydrogens is 269 g/mol. The quantitative estimate of drug-likeness (QED) is 0.918. The summed E-state index contributed by atoms with van der Waals surface area (Å²) in [7, 11) is 0. The van der Waals surface area contributed by atoms with Gasteiger partial charge in [0, 0.05) is 11.8 Å². The molecule has 2 aromatic rings. The molecule has 1 amide bonds. The summed E-state index contributed by atoms with van der Waals surface area (Å²) >= 11 is 0. The monoisotopic (exact) mass is 280 g/mol. The van der Waals surface area contributed by atoms with E-state index in [4.69, 9.17) is 5.73 Å². The first-order valence-electron chi connectivity index (χ1n) is 5.74. The minimum Gasteiger partial charge on any atom is -0.366 e. The molecule has 2 N–H and O–H groups in total. The Hall–Kier alpha value is -2.37. The number of alkyl halides is 3. The lowest BCUT2D eigenvalue weighted by atomic mass is 9.97. The highest BCUT2D eigenvalue weighted by Gasteiger charge is 2.34. The van der Waals surface area contributed by atoms with Gasteiger partial charge in [-0.1, -0.05) is 18.2 Å². The first-order chi connectivity index (χ1) is 9.32. The Bertz CT molecular complexity index is 666. The second-order valence-electron chi connectivity index (χ2n) is 4.26. The molecule has 0 aliphatic rings. The minimum atomic E-state index is -4.53. The fourth-order valence-electron chi connectivity index (χ4n) is 2.01. The lowest BCUT2D eigenvalue weighted by Crippen LogP contribution is -2.16. The Morgan fingerprint density at radius 3 is 2.45 bits per heavy atom. The second-order valence-corrected chi connectivity index (χ2v) is 4.26. The maximum Gasteiger partial charge on any atom is 0.417 e. The standard InChI is InChI=1S/C14H11F3N2O/c1-8-6-7-19-12(11(8)13(18)20)9-4-2-3-5-10(9)14(15,16)17/h2-7H,1H3,(H2,18,20). The minimum absolute atomic E-state index is 0.00389. The molecule has 1 aromatic carbocycles. The van der Waals surface area contributed by atoms with Crippen molar-refractivity contribution < 1.29 is 18.0 Å². The van der Waals surface area contributed by atoms with E-state index < -0.39 is 17.6 Å².